The Labute approximate surface area is 164 Å². The average molecular weight is 391 g/mol. The fourth-order valence-electron chi connectivity index (χ4n) is 2.58. The third-order valence-corrected chi connectivity index (χ3v) is 4.83. The van der Waals surface area contributed by atoms with E-state index in [1.165, 1.54) is 23.8 Å². The Hall–Kier alpha value is -2.11. The van der Waals surface area contributed by atoms with E-state index in [1.54, 1.807) is 18.2 Å². The quantitative estimate of drug-likeness (QED) is 0.544. The van der Waals surface area contributed by atoms with Gasteiger partial charge < -0.3 is 15.4 Å². The molecule has 2 aromatic rings. The van der Waals surface area contributed by atoms with E-state index >= 15 is 0 Å². The largest absolute Gasteiger partial charge is 0.465 e. The molecule has 4 nitrogen and oxygen atoms in total. The molecule has 0 saturated heterocycles. The zero-order valence-corrected chi connectivity index (χ0v) is 16.9. The molecule has 0 bridgehead atoms. The molecule has 0 fully saturated rings. The van der Waals surface area contributed by atoms with Gasteiger partial charge in [0, 0.05) is 0 Å². The van der Waals surface area contributed by atoms with Gasteiger partial charge in [0.1, 0.15) is 0 Å². The van der Waals surface area contributed by atoms with Crippen LogP contribution in [0.15, 0.2) is 36.4 Å². The molecular weight excluding hydrogens is 368 g/mol. The molecule has 0 spiro atoms. The maximum absolute atomic E-state index is 11.7. The van der Waals surface area contributed by atoms with Crippen LogP contribution in [0.25, 0.3) is 0 Å². The van der Waals surface area contributed by atoms with Gasteiger partial charge in [0.05, 0.1) is 29.4 Å². The van der Waals surface area contributed by atoms with E-state index in [9.17, 15) is 4.79 Å². The molecule has 0 aromatic heterocycles. The van der Waals surface area contributed by atoms with Crippen molar-refractivity contribution in [2.24, 2.45) is 0 Å². The fraction of sp³-hybridized carbons (Fsp3) is 0.300. The van der Waals surface area contributed by atoms with E-state index in [1.807, 2.05) is 0 Å². The molecule has 6 heteroatoms. The van der Waals surface area contributed by atoms with Crippen LogP contribution in [0.3, 0.4) is 0 Å². The smallest absolute Gasteiger partial charge is 0.337 e. The molecule has 0 radical (unpaired) electrons. The summed E-state index contributed by atoms with van der Waals surface area (Å²) in [5.74, 6) is -0.426. The predicted octanol–water partition coefficient (Wildman–Crippen LogP) is 5.18. The van der Waals surface area contributed by atoms with Crippen LogP contribution in [-0.2, 0) is 4.74 Å². The van der Waals surface area contributed by atoms with Crippen molar-refractivity contribution in [1.82, 2.24) is 5.32 Å². The summed E-state index contributed by atoms with van der Waals surface area (Å²) >= 11 is 11.6. The number of nitrogens with one attached hydrogen (secondary N) is 2. The Morgan fingerprint density at radius 2 is 1.92 bits per heavy atom. The lowest BCUT2D eigenvalue weighted by molar-refractivity contribution is 0.0601. The first-order valence-corrected chi connectivity index (χ1v) is 9.16. The van der Waals surface area contributed by atoms with Gasteiger partial charge >= 0.3 is 5.97 Å². The van der Waals surface area contributed by atoms with Crippen molar-refractivity contribution in [3.05, 3.63) is 63.7 Å². The van der Waals surface area contributed by atoms with Crippen LogP contribution in [0.1, 0.15) is 46.4 Å². The zero-order valence-electron chi connectivity index (χ0n) is 15.4. The van der Waals surface area contributed by atoms with Gasteiger partial charge in [0.2, 0.25) is 0 Å². The second kappa shape index (κ2) is 9.01. The number of aryl methyl sites for hydroxylation is 2. The number of halogens is 1. The average Bonchev–Trinajstić information content (AvgIpc) is 2.63. The summed E-state index contributed by atoms with van der Waals surface area (Å²) in [6.45, 7) is 6.29. The third kappa shape index (κ3) is 4.96. The normalized spacial score (nSPS) is 11.6. The molecule has 0 saturated carbocycles. The Balaban J connectivity index is 2.14. The summed E-state index contributed by atoms with van der Waals surface area (Å²) in [7, 11) is 1.34. The summed E-state index contributed by atoms with van der Waals surface area (Å²) in [6, 6.07) is 11.3. The number of benzene rings is 2. The summed E-state index contributed by atoms with van der Waals surface area (Å²) in [6.07, 6.45) is 0.875. The van der Waals surface area contributed by atoms with E-state index in [0.29, 0.717) is 21.4 Å². The van der Waals surface area contributed by atoms with E-state index in [2.05, 4.69) is 49.6 Å². The van der Waals surface area contributed by atoms with Gasteiger partial charge in [-0.25, -0.2) is 4.79 Å². The van der Waals surface area contributed by atoms with E-state index < -0.39 is 5.97 Å². The molecule has 0 aliphatic heterocycles. The van der Waals surface area contributed by atoms with Gasteiger partial charge in [-0.15, -0.1) is 0 Å². The van der Waals surface area contributed by atoms with Crippen LogP contribution >= 0.6 is 23.8 Å². The van der Waals surface area contributed by atoms with E-state index in [4.69, 9.17) is 28.6 Å². The number of hydrogen-bond acceptors (Lipinski definition) is 3. The number of esters is 1. The lowest BCUT2D eigenvalue weighted by Crippen LogP contribution is -2.32. The molecule has 1 atom stereocenters. The van der Waals surface area contributed by atoms with Crippen LogP contribution in [0.2, 0.25) is 5.02 Å². The van der Waals surface area contributed by atoms with Gasteiger partial charge in [-0.1, -0.05) is 36.7 Å². The molecule has 0 heterocycles. The Kier molecular flexibility index (Phi) is 7.00. The molecule has 0 aliphatic carbocycles. The maximum atomic E-state index is 11.7. The molecular formula is C20H23ClN2O2S. The Bertz CT molecular complexity index is 823. The highest BCUT2D eigenvalue weighted by Crippen LogP contribution is 2.24. The number of rotatable bonds is 5. The van der Waals surface area contributed by atoms with E-state index in [0.717, 1.165) is 6.42 Å². The first-order valence-electron chi connectivity index (χ1n) is 8.38. The van der Waals surface area contributed by atoms with Crippen LogP contribution < -0.4 is 10.6 Å². The molecule has 2 aromatic carbocycles. The lowest BCUT2D eigenvalue weighted by Gasteiger charge is -2.21. The number of methoxy groups -OCH3 is 1. The van der Waals surface area contributed by atoms with Gasteiger partial charge in [-0.2, -0.15) is 0 Å². The molecule has 2 rings (SSSR count). The highest BCUT2D eigenvalue weighted by Gasteiger charge is 2.14. The van der Waals surface area contributed by atoms with Crippen molar-refractivity contribution in [3.63, 3.8) is 0 Å². The SMILES string of the molecule is CC[C@H](NC(=S)Nc1cc(C(=O)OC)ccc1Cl)c1ccc(C)c(C)c1. The van der Waals surface area contributed by atoms with Gasteiger partial charge in [0.25, 0.3) is 0 Å². The minimum atomic E-state index is -0.426. The van der Waals surface area contributed by atoms with Crippen LogP contribution in [-0.4, -0.2) is 18.2 Å². The van der Waals surface area contributed by atoms with Gasteiger partial charge in [-0.05, 0) is 67.4 Å². The molecule has 138 valence electrons. The standard InChI is InChI=1S/C20H23ClN2O2S/c1-5-17(14-7-6-12(2)13(3)10-14)22-20(26)23-18-11-15(19(24)25-4)8-9-16(18)21/h6-11,17H,5H2,1-4H3,(H2,22,23,26)/t17-/m0/s1. The predicted molar refractivity (Wildman–Crippen MR) is 111 cm³/mol. The van der Waals surface area contributed by atoms with Crippen molar-refractivity contribution in [3.8, 4) is 0 Å². The van der Waals surface area contributed by atoms with Gasteiger partial charge in [0.15, 0.2) is 5.11 Å². The van der Waals surface area contributed by atoms with Crippen LogP contribution in [0.5, 0.6) is 0 Å². The summed E-state index contributed by atoms with van der Waals surface area (Å²) in [4.78, 5) is 11.7. The Morgan fingerprint density at radius 1 is 1.19 bits per heavy atom. The monoisotopic (exact) mass is 390 g/mol. The zero-order chi connectivity index (χ0) is 19.3. The second-order valence-corrected chi connectivity index (χ2v) is 6.90. The number of carbonyl (C=O) groups is 1. The highest BCUT2D eigenvalue weighted by atomic mass is 35.5. The number of ether oxygens (including phenoxy) is 1. The first kappa shape index (κ1) is 20.2. The molecule has 0 aliphatic rings. The van der Waals surface area contributed by atoms with Crippen LogP contribution in [0.4, 0.5) is 5.69 Å². The number of carbonyl (C=O) groups excluding carboxylic acids is 1. The summed E-state index contributed by atoms with van der Waals surface area (Å²) in [5.41, 5.74) is 4.64. The highest BCUT2D eigenvalue weighted by molar-refractivity contribution is 7.80. The lowest BCUT2D eigenvalue weighted by atomic mass is 9.99. The molecule has 2 N–H and O–H groups in total. The minimum Gasteiger partial charge on any atom is -0.465 e. The van der Waals surface area contributed by atoms with Crippen molar-refractivity contribution in [2.75, 3.05) is 12.4 Å². The van der Waals surface area contributed by atoms with Crippen molar-refractivity contribution >= 4 is 40.6 Å². The topological polar surface area (TPSA) is 50.4 Å². The minimum absolute atomic E-state index is 0.0804. The van der Waals surface area contributed by atoms with Gasteiger partial charge in [-0.3, -0.25) is 0 Å². The number of hydrogen-bond donors (Lipinski definition) is 2. The molecule has 0 unspecified atom stereocenters. The summed E-state index contributed by atoms with van der Waals surface area (Å²) in [5, 5.41) is 7.30. The second-order valence-electron chi connectivity index (χ2n) is 6.09. The summed E-state index contributed by atoms with van der Waals surface area (Å²) < 4.78 is 4.74. The molecule has 0 amide bonds. The first-order chi connectivity index (χ1) is 12.3. The van der Waals surface area contributed by atoms with Crippen LogP contribution in [0, 0.1) is 13.8 Å². The van der Waals surface area contributed by atoms with Crippen molar-refractivity contribution in [2.45, 2.75) is 33.2 Å². The molecule has 26 heavy (non-hydrogen) atoms. The fourth-order valence-corrected chi connectivity index (χ4v) is 3.00. The Morgan fingerprint density at radius 3 is 2.54 bits per heavy atom. The third-order valence-electron chi connectivity index (χ3n) is 4.28. The number of thiocarbonyl (C=S) groups is 1. The van der Waals surface area contributed by atoms with E-state index in [-0.39, 0.29) is 6.04 Å². The van der Waals surface area contributed by atoms with Crippen molar-refractivity contribution in [1.29, 1.82) is 0 Å². The number of anilines is 1. The van der Waals surface area contributed by atoms with Crippen molar-refractivity contribution < 1.29 is 9.53 Å². The maximum Gasteiger partial charge on any atom is 0.337 e.